The van der Waals surface area contributed by atoms with E-state index in [0.29, 0.717) is 0 Å². The zero-order chi connectivity index (χ0) is 11.1. The minimum Gasteiger partial charge on any atom is -0.485 e. The van der Waals surface area contributed by atoms with Gasteiger partial charge in [0.25, 0.3) is 0 Å². The SMILES string of the molecule is CC1(CN)COc2cc(F)c(F)cc2O1. The van der Waals surface area contributed by atoms with Crippen LogP contribution in [0.5, 0.6) is 11.5 Å². The predicted molar refractivity (Wildman–Crippen MR) is 49.9 cm³/mol. The van der Waals surface area contributed by atoms with Gasteiger partial charge >= 0.3 is 0 Å². The zero-order valence-corrected chi connectivity index (χ0v) is 8.22. The van der Waals surface area contributed by atoms with Gasteiger partial charge in [0.1, 0.15) is 6.61 Å². The number of benzene rings is 1. The van der Waals surface area contributed by atoms with Gasteiger partial charge in [-0.3, -0.25) is 0 Å². The molecule has 2 N–H and O–H groups in total. The van der Waals surface area contributed by atoms with Crippen molar-refractivity contribution in [3.63, 3.8) is 0 Å². The normalized spacial score (nSPS) is 24.0. The Morgan fingerprint density at radius 3 is 2.53 bits per heavy atom. The highest BCUT2D eigenvalue weighted by atomic mass is 19.2. The maximum atomic E-state index is 12.9. The molecule has 82 valence electrons. The average molecular weight is 215 g/mol. The van der Waals surface area contributed by atoms with E-state index in [4.69, 9.17) is 15.2 Å². The first-order valence-electron chi connectivity index (χ1n) is 4.55. The van der Waals surface area contributed by atoms with Crippen LogP contribution in [0.15, 0.2) is 12.1 Å². The first-order valence-corrected chi connectivity index (χ1v) is 4.55. The molecule has 1 heterocycles. The number of fused-ring (bicyclic) bond motifs is 1. The smallest absolute Gasteiger partial charge is 0.165 e. The average Bonchev–Trinajstić information content (AvgIpc) is 2.21. The van der Waals surface area contributed by atoms with E-state index in [1.165, 1.54) is 0 Å². The van der Waals surface area contributed by atoms with Crippen LogP contribution in [0.1, 0.15) is 6.92 Å². The summed E-state index contributed by atoms with van der Waals surface area (Å²) in [6.07, 6.45) is 0. The number of rotatable bonds is 1. The molecule has 0 saturated carbocycles. The van der Waals surface area contributed by atoms with Crippen LogP contribution in [0.3, 0.4) is 0 Å². The Morgan fingerprint density at radius 2 is 1.93 bits per heavy atom. The van der Waals surface area contributed by atoms with Gasteiger partial charge in [-0.2, -0.15) is 0 Å². The van der Waals surface area contributed by atoms with Crippen LogP contribution < -0.4 is 15.2 Å². The van der Waals surface area contributed by atoms with Crippen molar-refractivity contribution in [3.05, 3.63) is 23.8 Å². The van der Waals surface area contributed by atoms with Crippen LogP contribution in [-0.2, 0) is 0 Å². The van der Waals surface area contributed by atoms with Crippen LogP contribution in [0.2, 0.25) is 0 Å². The maximum Gasteiger partial charge on any atom is 0.165 e. The summed E-state index contributed by atoms with van der Waals surface area (Å²) in [6, 6.07) is 1.94. The van der Waals surface area contributed by atoms with Crippen molar-refractivity contribution in [1.29, 1.82) is 0 Å². The van der Waals surface area contributed by atoms with E-state index >= 15 is 0 Å². The Kier molecular flexibility index (Phi) is 2.26. The monoisotopic (exact) mass is 215 g/mol. The molecule has 5 heteroatoms. The van der Waals surface area contributed by atoms with Gasteiger partial charge in [0, 0.05) is 18.7 Å². The van der Waals surface area contributed by atoms with Crippen molar-refractivity contribution < 1.29 is 18.3 Å². The van der Waals surface area contributed by atoms with E-state index in [2.05, 4.69) is 0 Å². The standard InChI is InChI=1S/C10H11F2NO2/c1-10(4-13)5-14-8-2-6(11)7(12)3-9(8)15-10/h2-3H,4-5,13H2,1H3. The van der Waals surface area contributed by atoms with Gasteiger partial charge in [-0.25, -0.2) is 8.78 Å². The summed E-state index contributed by atoms with van der Waals surface area (Å²) in [5.41, 5.74) is 4.81. The van der Waals surface area contributed by atoms with Crippen LogP contribution in [0, 0.1) is 11.6 Å². The van der Waals surface area contributed by atoms with Gasteiger partial charge in [0.05, 0.1) is 0 Å². The van der Waals surface area contributed by atoms with Crippen LogP contribution in [0.4, 0.5) is 8.78 Å². The van der Waals surface area contributed by atoms with Crippen molar-refractivity contribution in [2.75, 3.05) is 13.2 Å². The van der Waals surface area contributed by atoms with E-state index in [9.17, 15) is 8.78 Å². The van der Waals surface area contributed by atoms with Crippen molar-refractivity contribution in [1.82, 2.24) is 0 Å². The third kappa shape index (κ3) is 1.74. The molecule has 0 radical (unpaired) electrons. The lowest BCUT2D eigenvalue weighted by atomic mass is 10.1. The van der Waals surface area contributed by atoms with Crippen molar-refractivity contribution in [2.45, 2.75) is 12.5 Å². The summed E-state index contributed by atoms with van der Waals surface area (Å²) in [4.78, 5) is 0. The second kappa shape index (κ2) is 3.34. The highest BCUT2D eigenvalue weighted by Gasteiger charge is 2.32. The number of halogens is 2. The molecule has 0 saturated heterocycles. The minimum atomic E-state index is -0.960. The van der Waals surface area contributed by atoms with E-state index in [0.717, 1.165) is 12.1 Å². The Morgan fingerprint density at radius 1 is 1.33 bits per heavy atom. The number of hydrogen-bond acceptors (Lipinski definition) is 3. The van der Waals surface area contributed by atoms with E-state index in [1.807, 2.05) is 0 Å². The molecule has 1 atom stereocenters. The fourth-order valence-electron chi connectivity index (χ4n) is 1.33. The third-order valence-electron chi connectivity index (χ3n) is 2.31. The van der Waals surface area contributed by atoms with E-state index in [-0.39, 0.29) is 24.7 Å². The molecule has 0 aliphatic carbocycles. The van der Waals surface area contributed by atoms with Gasteiger partial charge in [-0.1, -0.05) is 0 Å². The van der Waals surface area contributed by atoms with Crippen LogP contribution >= 0.6 is 0 Å². The van der Waals surface area contributed by atoms with Crippen molar-refractivity contribution in [3.8, 4) is 11.5 Å². The summed E-state index contributed by atoms with van der Waals surface area (Å²) in [7, 11) is 0. The van der Waals surface area contributed by atoms with E-state index < -0.39 is 17.2 Å². The lowest BCUT2D eigenvalue weighted by Gasteiger charge is -2.34. The summed E-state index contributed by atoms with van der Waals surface area (Å²) >= 11 is 0. The van der Waals surface area contributed by atoms with Crippen LogP contribution in [0.25, 0.3) is 0 Å². The van der Waals surface area contributed by atoms with E-state index in [1.54, 1.807) is 6.92 Å². The molecule has 1 aliphatic rings. The summed E-state index contributed by atoms with van der Waals surface area (Å²) in [5, 5.41) is 0. The molecule has 3 nitrogen and oxygen atoms in total. The van der Waals surface area contributed by atoms with Gasteiger partial charge in [-0.05, 0) is 6.92 Å². The fourth-order valence-corrected chi connectivity index (χ4v) is 1.33. The molecule has 0 aromatic heterocycles. The maximum absolute atomic E-state index is 12.9. The third-order valence-corrected chi connectivity index (χ3v) is 2.31. The summed E-state index contributed by atoms with van der Waals surface area (Å²) in [5.74, 6) is -1.51. The number of hydrogen-bond donors (Lipinski definition) is 1. The highest BCUT2D eigenvalue weighted by Crippen LogP contribution is 2.36. The summed E-state index contributed by atoms with van der Waals surface area (Å²) < 4.78 is 36.5. The highest BCUT2D eigenvalue weighted by molar-refractivity contribution is 5.42. The molecule has 1 aliphatic heterocycles. The Bertz CT molecular complexity index is 397. The molecule has 1 aromatic rings. The van der Waals surface area contributed by atoms with Gasteiger partial charge < -0.3 is 15.2 Å². The first-order chi connectivity index (χ1) is 7.04. The Labute approximate surface area is 85.8 Å². The van der Waals surface area contributed by atoms with Gasteiger partial charge in [0.15, 0.2) is 28.7 Å². The summed E-state index contributed by atoms with van der Waals surface area (Å²) in [6.45, 7) is 2.21. The molecule has 1 unspecified atom stereocenters. The zero-order valence-electron chi connectivity index (χ0n) is 8.22. The number of ether oxygens (including phenoxy) is 2. The largest absolute Gasteiger partial charge is 0.485 e. The predicted octanol–water partition coefficient (Wildman–Crippen LogP) is 1.45. The first kappa shape index (κ1) is 10.2. The van der Waals surface area contributed by atoms with Crippen molar-refractivity contribution in [2.24, 2.45) is 5.73 Å². The lowest BCUT2D eigenvalue weighted by molar-refractivity contribution is 0.0126. The van der Waals surface area contributed by atoms with Crippen LogP contribution in [-0.4, -0.2) is 18.8 Å². The molecule has 0 fully saturated rings. The lowest BCUT2D eigenvalue weighted by Crippen LogP contribution is -2.48. The minimum absolute atomic E-state index is 0.188. The molecule has 2 rings (SSSR count). The molecular weight excluding hydrogens is 204 g/mol. The molecule has 1 aromatic carbocycles. The molecule has 0 amide bonds. The second-order valence-electron chi connectivity index (χ2n) is 3.76. The topological polar surface area (TPSA) is 44.5 Å². The van der Waals surface area contributed by atoms with Gasteiger partial charge in [-0.15, -0.1) is 0 Å². The van der Waals surface area contributed by atoms with Gasteiger partial charge in [0.2, 0.25) is 0 Å². The second-order valence-corrected chi connectivity index (χ2v) is 3.76. The fraction of sp³-hybridized carbons (Fsp3) is 0.400. The number of nitrogens with two attached hydrogens (primary N) is 1. The molecule has 0 bridgehead atoms. The Balaban J connectivity index is 2.38. The molecule has 15 heavy (non-hydrogen) atoms. The Hall–Kier alpha value is -1.36. The molecular formula is C10H11F2NO2. The molecule has 0 spiro atoms. The van der Waals surface area contributed by atoms with Crippen molar-refractivity contribution >= 4 is 0 Å². The quantitative estimate of drug-likeness (QED) is 0.771.